The van der Waals surface area contributed by atoms with E-state index in [0.717, 1.165) is 17.1 Å². The van der Waals surface area contributed by atoms with Crippen LogP contribution in [0.3, 0.4) is 0 Å². The van der Waals surface area contributed by atoms with E-state index in [1.807, 2.05) is 30.3 Å². The zero-order chi connectivity index (χ0) is 18.3. The maximum Gasteiger partial charge on any atom is 0.0631 e. The molecule has 3 heteroatoms. The van der Waals surface area contributed by atoms with Gasteiger partial charge in [0.25, 0.3) is 0 Å². The molecule has 0 heterocycles. The molecule has 0 aliphatic heterocycles. The molecule has 1 N–H and O–H groups in total. The van der Waals surface area contributed by atoms with Crippen LogP contribution in [0.15, 0.2) is 125 Å². The third-order valence-corrected chi connectivity index (χ3v) is 5.12. The van der Waals surface area contributed by atoms with Crippen molar-refractivity contribution in [3.05, 3.63) is 115 Å². The lowest BCUT2D eigenvalue weighted by Crippen LogP contribution is -2.24. The third kappa shape index (κ3) is 4.52. The van der Waals surface area contributed by atoms with Crippen molar-refractivity contribution in [2.75, 3.05) is 10.4 Å². The SMILES string of the molecule is c1ccc(NN(c2ccccc2)c2ccc(Sc3ccccc3)cc2)cc1. The van der Waals surface area contributed by atoms with E-state index in [2.05, 4.69) is 95.4 Å². The summed E-state index contributed by atoms with van der Waals surface area (Å²) in [6.45, 7) is 0. The standard InChI is InChI=1S/C24H20N2S/c1-4-10-20(11-5-1)25-26(21-12-6-2-7-13-21)22-16-18-24(19-17-22)27-23-14-8-3-9-15-23/h1-19,25H. The first-order valence-corrected chi connectivity index (χ1v) is 9.70. The van der Waals surface area contributed by atoms with E-state index in [4.69, 9.17) is 0 Å². The molecule has 0 saturated heterocycles. The fourth-order valence-electron chi connectivity index (χ4n) is 2.78. The van der Waals surface area contributed by atoms with Crippen molar-refractivity contribution in [2.24, 2.45) is 0 Å². The number of para-hydroxylation sites is 2. The van der Waals surface area contributed by atoms with E-state index in [-0.39, 0.29) is 0 Å². The molecule has 132 valence electrons. The molecule has 0 amide bonds. The third-order valence-electron chi connectivity index (χ3n) is 4.10. The number of hydrogen-bond donors (Lipinski definition) is 1. The van der Waals surface area contributed by atoms with Crippen LogP contribution in [0, 0.1) is 0 Å². The summed E-state index contributed by atoms with van der Waals surface area (Å²) in [7, 11) is 0. The Hall–Kier alpha value is -3.17. The molecule has 2 nitrogen and oxygen atoms in total. The van der Waals surface area contributed by atoms with Gasteiger partial charge in [0.05, 0.1) is 17.1 Å². The minimum absolute atomic E-state index is 1.05. The second-order valence-corrected chi connectivity index (χ2v) is 7.20. The van der Waals surface area contributed by atoms with Gasteiger partial charge in [0, 0.05) is 9.79 Å². The molecule has 0 aliphatic carbocycles. The number of anilines is 3. The highest BCUT2D eigenvalue weighted by molar-refractivity contribution is 7.99. The number of nitrogens with one attached hydrogen (secondary N) is 1. The van der Waals surface area contributed by atoms with Crippen molar-refractivity contribution in [1.82, 2.24) is 0 Å². The van der Waals surface area contributed by atoms with Crippen molar-refractivity contribution in [3.63, 3.8) is 0 Å². The molecule has 0 aromatic heterocycles. The van der Waals surface area contributed by atoms with E-state index in [9.17, 15) is 0 Å². The predicted octanol–water partition coefficient (Wildman–Crippen LogP) is 7.00. The Morgan fingerprint density at radius 2 is 0.963 bits per heavy atom. The van der Waals surface area contributed by atoms with Gasteiger partial charge in [0.1, 0.15) is 0 Å². The highest BCUT2D eigenvalue weighted by Crippen LogP contribution is 2.31. The smallest absolute Gasteiger partial charge is 0.0631 e. The summed E-state index contributed by atoms with van der Waals surface area (Å²) in [4.78, 5) is 2.46. The summed E-state index contributed by atoms with van der Waals surface area (Å²) in [6, 6.07) is 39.6. The highest BCUT2D eigenvalue weighted by atomic mass is 32.2. The van der Waals surface area contributed by atoms with Gasteiger partial charge in [-0.1, -0.05) is 66.4 Å². The maximum atomic E-state index is 3.51. The zero-order valence-electron chi connectivity index (χ0n) is 14.8. The predicted molar refractivity (Wildman–Crippen MR) is 116 cm³/mol. The van der Waals surface area contributed by atoms with Gasteiger partial charge in [-0.3, -0.25) is 10.4 Å². The van der Waals surface area contributed by atoms with Crippen molar-refractivity contribution in [1.29, 1.82) is 0 Å². The topological polar surface area (TPSA) is 15.3 Å². The first-order valence-electron chi connectivity index (χ1n) is 8.88. The van der Waals surface area contributed by atoms with Crippen LogP contribution in [0.25, 0.3) is 0 Å². The largest absolute Gasteiger partial charge is 0.294 e. The summed E-state index contributed by atoms with van der Waals surface area (Å²) >= 11 is 1.77. The molecule has 0 aliphatic rings. The highest BCUT2D eigenvalue weighted by Gasteiger charge is 2.09. The van der Waals surface area contributed by atoms with Crippen molar-refractivity contribution < 1.29 is 0 Å². The van der Waals surface area contributed by atoms with Crippen LogP contribution in [-0.4, -0.2) is 0 Å². The van der Waals surface area contributed by atoms with Crippen molar-refractivity contribution in [2.45, 2.75) is 9.79 Å². The fourth-order valence-corrected chi connectivity index (χ4v) is 3.62. The molecule has 4 rings (SSSR count). The minimum Gasteiger partial charge on any atom is -0.294 e. The van der Waals surface area contributed by atoms with Crippen LogP contribution in [0.5, 0.6) is 0 Å². The van der Waals surface area contributed by atoms with E-state index in [1.54, 1.807) is 11.8 Å². The van der Waals surface area contributed by atoms with Gasteiger partial charge < -0.3 is 0 Å². The summed E-state index contributed by atoms with van der Waals surface area (Å²) in [5.74, 6) is 0. The molecule has 0 spiro atoms. The summed E-state index contributed by atoms with van der Waals surface area (Å²) < 4.78 is 0. The minimum atomic E-state index is 1.05. The average molecular weight is 369 g/mol. The van der Waals surface area contributed by atoms with E-state index >= 15 is 0 Å². The summed E-state index contributed by atoms with van der Waals surface area (Å²) in [6.07, 6.45) is 0. The number of rotatable bonds is 6. The Bertz CT molecular complexity index is 955. The molecule has 0 fully saturated rings. The Morgan fingerprint density at radius 1 is 0.481 bits per heavy atom. The fraction of sp³-hybridized carbons (Fsp3) is 0. The second kappa shape index (κ2) is 8.47. The molecule has 0 saturated carbocycles. The molecule has 27 heavy (non-hydrogen) atoms. The maximum absolute atomic E-state index is 3.51. The van der Waals surface area contributed by atoms with E-state index in [0.29, 0.717) is 0 Å². The monoisotopic (exact) mass is 368 g/mol. The van der Waals surface area contributed by atoms with Gasteiger partial charge in [0.2, 0.25) is 0 Å². The molecule has 0 atom stereocenters. The van der Waals surface area contributed by atoms with Crippen LogP contribution >= 0.6 is 11.8 Å². The quantitative estimate of drug-likeness (QED) is 0.369. The van der Waals surface area contributed by atoms with Crippen molar-refractivity contribution in [3.8, 4) is 0 Å². The van der Waals surface area contributed by atoms with Crippen LogP contribution in [0.1, 0.15) is 0 Å². The van der Waals surface area contributed by atoms with Gasteiger partial charge in [0.15, 0.2) is 0 Å². The number of hydrazine groups is 1. The molecule has 4 aromatic carbocycles. The average Bonchev–Trinajstić information content (AvgIpc) is 2.75. The lowest BCUT2D eigenvalue weighted by molar-refractivity contribution is 1.16. The van der Waals surface area contributed by atoms with Crippen LogP contribution in [-0.2, 0) is 0 Å². The first kappa shape index (κ1) is 17.3. The van der Waals surface area contributed by atoms with E-state index < -0.39 is 0 Å². The lowest BCUT2D eigenvalue weighted by atomic mass is 10.2. The van der Waals surface area contributed by atoms with Crippen molar-refractivity contribution >= 4 is 28.8 Å². The van der Waals surface area contributed by atoms with Gasteiger partial charge in [-0.15, -0.1) is 0 Å². The normalized spacial score (nSPS) is 10.4. The molecule has 0 bridgehead atoms. The second-order valence-electron chi connectivity index (χ2n) is 6.06. The van der Waals surface area contributed by atoms with Crippen LogP contribution in [0.2, 0.25) is 0 Å². The van der Waals surface area contributed by atoms with Gasteiger partial charge in [-0.05, 0) is 60.7 Å². The molecule has 4 aromatic rings. The summed E-state index contributed by atoms with van der Waals surface area (Å²) in [5.41, 5.74) is 6.73. The van der Waals surface area contributed by atoms with Crippen LogP contribution in [0.4, 0.5) is 17.1 Å². The van der Waals surface area contributed by atoms with E-state index in [1.165, 1.54) is 9.79 Å². The summed E-state index contributed by atoms with van der Waals surface area (Å²) in [5, 5.41) is 2.10. The Labute approximate surface area is 164 Å². The van der Waals surface area contributed by atoms with Crippen LogP contribution < -0.4 is 10.4 Å². The van der Waals surface area contributed by atoms with Gasteiger partial charge >= 0.3 is 0 Å². The Kier molecular flexibility index (Phi) is 5.42. The zero-order valence-corrected chi connectivity index (χ0v) is 15.6. The molecule has 0 radical (unpaired) electrons. The van der Waals surface area contributed by atoms with Gasteiger partial charge in [-0.25, -0.2) is 0 Å². The van der Waals surface area contributed by atoms with Gasteiger partial charge in [-0.2, -0.15) is 0 Å². The molecular formula is C24H20N2S. The Balaban J connectivity index is 1.60. The Morgan fingerprint density at radius 3 is 1.59 bits per heavy atom. The number of benzene rings is 4. The number of hydrogen-bond acceptors (Lipinski definition) is 3. The lowest BCUT2D eigenvalue weighted by Gasteiger charge is -2.26. The molecule has 0 unspecified atom stereocenters. The number of nitrogens with zero attached hydrogens (tertiary/aromatic N) is 1. The first-order chi connectivity index (χ1) is 13.4. The molecular weight excluding hydrogens is 348 g/mol.